The molecule has 1 aromatic carbocycles. The maximum Gasteiger partial charge on any atom is 0.320 e. The van der Waals surface area contributed by atoms with E-state index in [0.29, 0.717) is 12.1 Å². The van der Waals surface area contributed by atoms with Crippen molar-refractivity contribution < 1.29 is 9.53 Å². The van der Waals surface area contributed by atoms with Crippen molar-refractivity contribution in [3.05, 3.63) is 23.8 Å². The van der Waals surface area contributed by atoms with E-state index in [9.17, 15) is 4.79 Å². The van der Waals surface area contributed by atoms with Crippen LogP contribution < -0.4 is 9.64 Å². The minimum Gasteiger partial charge on any atom is -0.485 e. The Labute approximate surface area is 193 Å². The molecule has 176 valence electrons. The van der Waals surface area contributed by atoms with Crippen LogP contribution in [0.1, 0.15) is 57.9 Å². The van der Waals surface area contributed by atoms with Crippen molar-refractivity contribution in [2.45, 2.75) is 70.4 Å². The molecule has 32 heavy (non-hydrogen) atoms. The fourth-order valence-corrected chi connectivity index (χ4v) is 6.09. The molecule has 3 fully saturated rings. The Morgan fingerprint density at radius 2 is 1.75 bits per heavy atom. The molecule has 5 rings (SSSR count). The molecule has 6 nitrogen and oxygen atoms in total. The molecule has 3 heterocycles. The van der Waals surface area contributed by atoms with Crippen LogP contribution in [0.25, 0.3) is 0 Å². The Morgan fingerprint density at radius 1 is 0.969 bits per heavy atom. The van der Waals surface area contributed by atoms with Gasteiger partial charge in [-0.2, -0.15) is 0 Å². The van der Waals surface area contributed by atoms with E-state index in [-0.39, 0.29) is 5.60 Å². The summed E-state index contributed by atoms with van der Waals surface area (Å²) in [6, 6.07) is 7.40. The number of benzene rings is 1. The number of anilines is 1. The van der Waals surface area contributed by atoms with Crippen LogP contribution in [-0.4, -0.2) is 84.7 Å². The number of carbonyl (C=O) groups is 1. The van der Waals surface area contributed by atoms with Crippen LogP contribution in [0, 0.1) is 0 Å². The Hall–Kier alpha value is -1.95. The number of hydrogen-bond donors (Lipinski definition) is 0. The molecule has 0 atom stereocenters. The molecule has 0 radical (unpaired) electrons. The fourth-order valence-electron chi connectivity index (χ4n) is 6.09. The number of rotatable bonds is 6. The quantitative estimate of drug-likeness (QED) is 0.671. The summed E-state index contributed by atoms with van der Waals surface area (Å²) in [7, 11) is 0. The zero-order chi connectivity index (χ0) is 22.1. The second-order valence-corrected chi connectivity index (χ2v) is 10.7. The molecule has 2 amide bonds. The van der Waals surface area contributed by atoms with Crippen molar-refractivity contribution in [3.8, 4) is 5.75 Å². The van der Waals surface area contributed by atoms with E-state index in [1.807, 2.05) is 0 Å². The topological polar surface area (TPSA) is 39.3 Å². The predicted molar refractivity (Wildman–Crippen MR) is 129 cm³/mol. The molecule has 3 aliphatic heterocycles. The number of amides is 2. The van der Waals surface area contributed by atoms with Gasteiger partial charge < -0.3 is 19.4 Å². The van der Waals surface area contributed by atoms with E-state index in [1.54, 1.807) is 0 Å². The molecule has 2 saturated heterocycles. The van der Waals surface area contributed by atoms with Gasteiger partial charge in [-0.3, -0.25) is 4.90 Å². The molecule has 0 unspecified atom stereocenters. The number of fused-ring (bicyclic) bond motifs is 1. The van der Waals surface area contributed by atoms with Gasteiger partial charge in [0.15, 0.2) is 0 Å². The summed E-state index contributed by atoms with van der Waals surface area (Å²) < 4.78 is 6.29. The third-order valence-electron chi connectivity index (χ3n) is 7.83. The molecule has 0 spiro atoms. The van der Waals surface area contributed by atoms with Crippen molar-refractivity contribution in [2.75, 3.05) is 57.3 Å². The number of hydrogen-bond acceptors (Lipinski definition) is 4. The van der Waals surface area contributed by atoms with Gasteiger partial charge in [0, 0.05) is 63.8 Å². The summed E-state index contributed by atoms with van der Waals surface area (Å²) in [6.45, 7) is 12.4. The van der Waals surface area contributed by atoms with Gasteiger partial charge in [-0.15, -0.1) is 0 Å². The fraction of sp³-hybridized carbons (Fsp3) is 0.731. The van der Waals surface area contributed by atoms with Crippen LogP contribution in [-0.2, 0) is 6.42 Å². The van der Waals surface area contributed by atoms with Crippen molar-refractivity contribution in [1.82, 2.24) is 14.7 Å². The van der Waals surface area contributed by atoms with Crippen LogP contribution in [0.4, 0.5) is 10.5 Å². The molecule has 1 aliphatic carbocycles. The van der Waals surface area contributed by atoms with Crippen LogP contribution in [0.15, 0.2) is 18.2 Å². The average molecular weight is 441 g/mol. The van der Waals surface area contributed by atoms with Crippen molar-refractivity contribution >= 4 is 11.7 Å². The number of nitrogens with zero attached hydrogens (tertiary/aromatic N) is 4. The normalized spacial score (nSPS) is 24.2. The smallest absolute Gasteiger partial charge is 0.320 e. The first-order chi connectivity index (χ1) is 15.5. The van der Waals surface area contributed by atoms with Crippen LogP contribution in [0.5, 0.6) is 5.75 Å². The van der Waals surface area contributed by atoms with Crippen molar-refractivity contribution in [1.29, 1.82) is 0 Å². The molecule has 0 bridgehead atoms. The van der Waals surface area contributed by atoms with Crippen LogP contribution in [0.3, 0.4) is 0 Å². The summed E-state index contributed by atoms with van der Waals surface area (Å²) in [5, 5.41) is 0. The highest BCUT2D eigenvalue weighted by atomic mass is 16.5. The van der Waals surface area contributed by atoms with Crippen LogP contribution in [0.2, 0.25) is 0 Å². The molecule has 6 heteroatoms. The lowest BCUT2D eigenvalue weighted by molar-refractivity contribution is 0.138. The maximum atomic E-state index is 12.8. The average Bonchev–Trinajstić information content (AvgIpc) is 3.32. The van der Waals surface area contributed by atoms with Gasteiger partial charge in [0.1, 0.15) is 11.4 Å². The lowest BCUT2D eigenvalue weighted by Crippen LogP contribution is -2.47. The number of para-hydroxylation sites is 1. The first-order valence-electron chi connectivity index (χ1n) is 12.8. The first-order valence-corrected chi connectivity index (χ1v) is 12.8. The predicted octanol–water partition coefficient (Wildman–Crippen LogP) is 3.98. The Kier molecular flexibility index (Phi) is 6.24. The van der Waals surface area contributed by atoms with E-state index in [4.69, 9.17) is 4.74 Å². The van der Waals surface area contributed by atoms with Gasteiger partial charge in [0.2, 0.25) is 0 Å². The third kappa shape index (κ3) is 4.57. The van der Waals surface area contributed by atoms with Crippen molar-refractivity contribution in [3.63, 3.8) is 0 Å². The largest absolute Gasteiger partial charge is 0.485 e. The highest BCUT2D eigenvalue weighted by molar-refractivity contribution is 5.76. The molecular weight excluding hydrogens is 400 g/mol. The van der Waals surface area contributed by atoms with Crippen molar-refractivity contribution in [2.24, 2.45) is 0 Å². The third-order valence-corrected chi connectivity index (χ3v) is 7.83. The van der Waals surface area contributed by atoms with Gasteiger partial charge in [0.05, 0.1) is 5.69 Å². The Bertz CT molecular complexity index is 812. The summed E-state index contributed by atoms with van der Waals surface area (Å²) in [5.41, 5.74) is 2.51. The number of ether oxygens (including phenoxy) is 1. The SMILES string of the molecule is CC1(C)Cc2cccc(N3CCN(CCCN4CCN(C5CCCCC5)C4=O)CC3)c2O1. The molecule has 1 saturated carbocycles. The van der Waals surface area contributed by atoms with Gasteiger partial charge >= 0.3 is 6.03 Å². The Balaban J connectivity index is 1.07. The van der Waals surface area contributed by atoms with Gasteiger partial charge in [-0.05, 0) is 45.7 Å². The molecule has 0 aromatic heterocycles. The number of carbonyl (C=O) groups excluding carboxylic acids is 1. The van der Waals surface area contributed by atoms with E-state index in [1.165, 1.54) is 43.4 Å². The zero-order valence-electron chi connectivity index (χ0n) is 20.0. The first kappa shape index (κ1) is 21.9. The van der Waals surface area contributed by atoms with Gasteiger partial charge in [-0.1, -0.05) is 31.4 Å². The standard InChI is InChI=1S/C26H40N4O2/c1-26(2)20-21-8-6-11-23(24(21)32-26)28-16-14-27(15-17-28)12-7-13-29-18-19-30(25(29)31)22-9-4-3-5-10-22/h6,8,11,22H,3-5,7,9-10,12-20H2,1-2H3. The van der Waals surface area contributed by atoms with Gasteiger partial charge in [0.25, 0.3) is 0 Å². The Morgan fingerprint density at radius 3 is 2.53 bits per heavy atom. The minimum atomic E-state index is -0.0974. The van der Waals surface area contributed by atoms with E-state index in [2.05, 4.69) is 51.6 Å². The summed E-state index contributed by atoms with van der Waals surface area (Å²) in [6.07, 6.45) is 8.39. The van der Waals surface area contributed by atoms with Gasteiger partial charge in [-0.25, -0.2) is 4.79 Å². The highest BCUT2D eigenvalue weighted by Crippen LogP contribution is 2.42. The zero-order valence-corrected chi connectivity index (χ0v) is 20.0. The monoisotopic (exact) mass is 440 g/mol. The van der Waals surface area contributed by atoms with E-state index < -0.39 is 0 Å². The molecule has 0 N–H and O–H groups in total. The second kappa shape index (κ2) is 9.12. The lowest BCUT2D eigenvalue weighted by Gasteiger charge is -2.37. The molecule has 4 aliphatic rings. The lowest BCUT2D eigenvalue weighted by atomic mass is 9.94. The summed E-state index contributed by atoms with van der Waals surface area (Å²) >= 11 is 0. The number of urea groups is 1. The molecule has 1 aromatic rings. The van der Waals surface area contributed by atoms with E-state index >= 15 is 0 Å². The minimum absolute atomic E-state index is 0.0974. The summed E-state index contributed by atoms with van der Waals surface area (Å²) in [4.78, 5) is 22.2. The van der Waals surface area contributed by atoms with E-state index in [0.717, 1.165) is 70.9 Å². The maximum absolute atomic E-state index is 12.8. The second-order valence-electron chi connectivity index (χ2n) is 10.7. The summed E-state index contributed by atoms with van der Waals surface area (Å²) in [5.74, 6) is 1.10. The number of piperazine rings is 1. The van der Waals surface area contributed by atoms with Crippen LogP contribution >= 0.6 is 0 Å². The molecular formula is C26H40N4O2. The highest BCUT2D eigenvalue weighted by Gasteiger charge is 2.35.